The summed E-state index contributed by atoms with van der Waals surface area (Å²) in [5, 5.41) is 18.0. The third kappa shape index (κ3) is 3.08. The Hall–Kier alpha value is -2.40. The van der Waals surface area contributed by atoms with Crippen molar-refractivity contribution in [2.75, 3.05) is 0 Å². The van der Waals surface area contributed by atoms with Gasteiger partial charge >= 0.3 is 5.97 Å². The van der Waals surface area contributed by atoms with E-state index in [4.69, 9.17) is 14.9 Å². The maximum absolute atomic E-state index is 13.0. The smallest absolute Gasteiger partial charge is 0.339 e. The summed E-state index contributed by atoms with van der Waals surface area (Å²) in [6.45, 7) is -0.146. The Labute approximate surface area is 108 Å². The lowest BCUT2D eigenvalue weighted by atomic mass is 10.2. The van der Waals surface area contributed by atoms with Crippen LogP contribution in [0.2, 0.25) is 0 Å². The van der Waals surface area contributed by atoms with E-state index in [1.54, 1.807) is 24.3 Å². The third-order valence-electron chi connectivity index (χ3n) is 2.48. The first-order chi connectivity index (χ1) is 9.10. The van der Waals surface area contributed by atoms with E-state index in [0.717, 1.165) is 12.1 Å². The Morgan fingerprint density at radius 2 is 2.00 bits per heavy atom. The van der Waals surface area contributed by atoms with Crippen molar-refractivity contribution in [1.29, 1.82) is 0 Å². The molecule has 0 unspecified atom stereocenters. The molecule has 2 N–H and O–H groups in total. The van der Waals surface area contributed by atoms with E-state index in [0.29, 0.717) is 11.3 Å². The molecule has 19 heavy (non-hydrogen) atoms. The number of aromatic carboxylic acids is 1. The minimum Gasteiger partial charge on any atom is -0.478 e. The Kier molecular flexibility index (Phi) is 3.77. The number of carboxylic acids is 1. The highest BCUT2D eigenvalue weighted by atomic mass is 19.1. The van der Waals surface area contributed by atoms with Gasteiger partial charge < -0.3 is 14.9 Å². The molecule has 0 radical (unpaired) electrons. The average Bonchev–Trinajstić information content (AvgIpc) is 2.41. The number of ether oxygens (including phenoxy) is 1. The fourth-order valence-electron chi connectivity index (χ4n) is 1.59. The lowest BCUT2D eigenvalue weighted by Crippen LogP contribution is -2.01. The molecule has 0 aromatic heterocycles. The molecule has 0 spiro atoms. The molecule has 0 aliphatic carbocycles. The van der Waals surface area contributed by atoms with Gasteiger partial charge in [-0.1, -0.05) is 12.1 Å². The topological polar surface area (TPSA) is 66.8 Å². The zero-order chi connectivity index (χ0) is 13.8. The van der Waals surface area contributed by atoms with Crippen LogP contribution >= 0.6 is 0 Å². The molecule has 0 aliphatic rings. The minimum absolute atomic E-state index is 0.0454. The largest absolute Gasteiger partial charge is 0.478 e. The van der Waals surface area contributed by atoms with E-state index < -0.39 is 11.8 Å². The zero-order valence-electron chi connectivity index (χ0n) is 9.84. The normalized spacial score (nSPS) is 10.2. The Balaban J connectivity index is 2.34. The van der Waals surface area contributed by atoms with Crippen LogP contribution in [-0.2, 0) is 6.61 Å². The van der Waals surface area contributed by atoms with Crippen molar-refractivity contribution in [2.45, 2.75) is 6.61 Å². The number of aliphatic hydroxyl groups is 1. The van der Waals surface area contributed by atoms with Crippen LogP contribution in [-0.4, -0.2) is 16.2 Å². The van der Waals surface area contributed by atoms with E-state index >= 15 is 0 Å². The summed E-state index contributed by atoms with van der Waals surface area (Å²) in [7, 11) is 0. The van der Waals surface area contributed by atoms with E-state index in [2.05, 4.69) is 0 Å². The molecule has 2 aromatic carbocycles. The fraction of sp³-hybridized carbons (Fsp3) is 0.0714. The van der Waals surface area contributed by atoms with Gasteiger partial charge in [-0.3, -0.25) is 0 Å². The molecule has 0 bridgehead atoms. The van der Waals surface area contributed by atoms with Gasteiger partial charge in [-0.2, -0.15) is 0 Å². The average molecular weight is 262 g/mol. The third-order valence-corrected chi connectivity index (χ3v) is 2.48. The second-order valence-electron chi connectivity index (χ2n) is 3.85. The highest BCUT2D eigenvalue weighted by Crippen LogP contribution is 2.26. The van der Waals surface area contributed by atoms with Gasteiger partial charge in [0.25, 0.3) is 0 Å². The molecule has 0 heterocycles. The van der Waals surface area contributed by atoms with Crippen LogP contribution in [0.5, 0.6) is 11.5 Å². The summed E-state index contributed by atoms with van der Waals surface area (Å²) in [6, 6.07) is 9.85. The summed E-state index contributed by atoms with van der Waals surface area (Å²) in [6.07, 6.45) is 0. The molecular weight excluding hydrogens is 251 g/mol. The van der Waals surface area contributed by atoms with Crippen LogP contribution in [0.1, 0.15) is 15.9 Å². The van der Waals surface area contributed by atoms with Gasteiger partial charge in [0, 0.05) is 0 Å². The van der Waals surface area contributed by atoms with E-state index in [9.17, 15) is 9.18 Å². The maximum atomic E-state index is 13.0. The summed E-state index contributed by atoms with van der Waals surface area (Å²) < 4.78 is 18.4. The second-order valence-corrected chi connectivity index (χ2v) is 3.85. The quantitative estimate of drug-likeness (QED) is 0.889. The van der Waals surface area contributed by atoms with Crippen molar-refractivity contribution < 1.29 is 24.1 Å². The van der Waals surface area contributed by atoms with E-state index in [1.807, 2.05) is 0 Å². The summed E-state index contributed by atoms with van der Waals surface area (Å²) in [5.41, 5.74) is 0.380. The predicted octanol–water partition coefficient (Wildman–Crippen LogP) is 2.81. The first-order valence-electron chi connectivity index (χ1n) is 5.50. The molecule has 4 nitrogen and oxygen atoms in total. The highest BCUT2D eigenvalue weighted by Gasteiger charge is 2.13. The van der Waals surface area contributed by atoms with Gasteiger partial charge in [0.2, 0.25) is 0 Å². The molecule has 98 valence electrons. The van der Waals surface area contributed by atoms with Crippen LogP contribution in [0.25, 0.3) is 0 Å². The highest BCUT2D eigenvalue weighted by molar-refractivity contribution is 5.91. The van der Waals surface area contributed by atoms with Crippen molar-refractivity contribution in [1.82, 2.24) is 0 Å². The summed E-state index contributed by atoms with van der Waals surface area (Å²) in [5.74, 6) is -1.49. The molecule has 0 aliphatic heterocycles. The Bertz CT molecular complexity index is 610. The molecule has 0 amide bonds. The number of halogens is 1. The predicted molar refractivity (Wildman–Crippen MR) is 65.8 cm³/mol. The molecule has 0 fully saturated rings. The van der Waals surface area contributed by atoms with Crippen molar-refractivity contribution in [3.8, 4) is 11.5 Å². The van der Waals surface area contributed by atoms with Crippen molar-refractivity contribution >= 4 is 5.97 Å². The molecule has 5 heteroatoms. The fourth-order valence-corrected chi connectivity index (χ4v) is 1.59. The standard InChI is InChI=1S/C14H11FO4/c15-10-4-5-13(12(7-10)14(17)18)19-11-3-1-2-9(6-11)8-16/h1-7,16H,8H2,(H,17,18). The first kappa shape index (κ1) is 13.0. The van der Waals surface area contributed by atoms with Crippen molar-refractivity contribution in [2.24, 2.45) is 0 Å². The minimum atomic E-state index is -1.27. The van der Waals surface area contributed by atoms with E-state index in [1.165, 1.54) is 6.07 Å². The second kappa shape index (κ2) is 5.49. The maximum Gasteiger partial charge on any atom is 0.339 e. The Morgan fingerprint density at radius 1 is 1.21 bits per heavy atom. The Morgan fingerprint density at radius 3 is 2.68 bits per heavy atom. The number of carboxylic acid groups (broad SMARTS) is 1. The van der Waals surface area contributed by atoms with Crippen molar-refractivity contribution in [3.05, 3.63) is 59.4 Å². The lowest BCUT2D eigenvalue weighted by molar-refractivity contribution is 0.0693. The SMILES string of the molecule is O=C(O)c1cc(F)ccc1Oc1cccc(CO)c1. The van der Waals surface area contributed by atoms with Crippen LogP contribution < -0.4 is 4.74 Å². The number of benzene rings is 2. The van der Waals surface area contributed by atoms with Gasteiger partial charge in [-0.05, 0) is 35.9 Å². The van der Waals surface area contributed by atoms with Gasteiger partial charge in [-0.25, -0.2) is 9.18 Å². The number of hydrogen-bond acceptors (Lipinski definition) is 3. The van der Waals surface area contributed by atoms with Crippen molar-refractivity contribution in [3.63, 3.8) is 0 Å². The molecular formula is C14H11FO4. The zero-order valence-corrected chi connectivity index (χ0v) is 9.84. The summed E-state index contributed by atoms with van der Waals surface area (Å²) in [4.78, 5) is 11.0. The first-order valence-corrected chi connectivity index (χ1v) is 5.50. The van der Waals surface area contributed by atoms with Crippen LogP contribution in [0, 0.1) is 5.82 Å². The van der Waals surface area contributed by atoms with Crippen LogP contribution in [0.4, 0.5) is 4.39 Å². The van der Waals surface area contributed by atoms with Gasteiger partial charge in [0.1, 0.15) is 22.9 Å². The van der Waals surface area contributed by atoms with Gasteiger partial charge in [0.05, 0.1) is 6.61 Å². The number of carbonyl (C=O) groups is 1. The number of hydrogen-bond donors (Lipinski definition) is 2. The molecule has 0 saturated carbocycles. The van der Waals surface area contributed by atoms with Gasteiger partial charge in [0.15, 0.2) is 0 Å². The lowest BCUT2D eigenvalue weighted by Gasteiger charge is -2.09. The molecule has 0 saturated heterocycles. The van der Waals surface area contributed by atoms with Gasteiger partial charge in [-0.15, -0.1) is 0 Å². The monoisotopic (exact) mass is 262 g/mol. The van der Waals surface area contributed by atoms with Crippen LogP contribution in [0.3, 0.4) is 0 Å². The molecule has 2 aromatic rings. The number of aliphatic hydroxyl groups excluding tert-OH is 1. The molecule has 0 atom stereocenters. The number of rotatable bonds is 4. The van der Waals surface area contributed by atoms with Crippen LogP contribution in [0.15, 0.2) is 42.5 Å². The summed E-state index contributed by atoms with van der Waals surface area (Å²) >= 11 is 0. The van der Waals surface area contributed by atoms with E-state index in [-0.39, 0.29) is 17.9 Å². The molecule has 2 rings (SSSR count).